The van der Waals surface area contributed by atoms with Crippen molar-refractivity contribution in [2.75, 3.05) is 7.05 Å². The molecule has 0 amide bonds. The number of rotatable bonds is 3. The van der Waals surface area contributed by atoms with Crippen LogP contribution in [0.15, 0.2) is 30.6 Å². The van der Waals surface area contributed by atoms with Gasteiger partial charge in [-0.1, -0.05) is 6.07 Å². The summed E-state index contributed by atoms with van der Waals surface area (Å²) in [4.78, 5) is 13.0. The molecule has 0 aromatic carbocycles. The van der Waals surface area contributed by atoms with Crippen molar-refractivity contribution in [2.45, 2.75) is 6.54 Å². The zero-order valence-electron chi connectivity index (χ0n) is 9.38. The van der Waals surface area contributed by atoms with Crippen LogP contribution in [0.25, 0.3) is 17.3 Å². The third kappa shape index (κ3) is 1.78. The van der Waals surface area contributed by atoms with Crippen molar-refractivity contribution in [3.05, 3.63) is 36.3 Å². The number of hydrogen-bond donors (Lipinski definition) is 2. The molecule has 0 aliphatic rings. The second kappa shape index (κ2) is 3.99. The zero-order valence-corrected chi connectivity index (χ0v) is 9.38. The van der Waals surface area contributed by atoms with E-state index in [4.69, 9.17) is 0 Å². The predicted octanol–water partition coefficient (Wildman–Crippen LogP) is 0.839. The van der Waals surface area contributed by atoms with Crippen molar-refractivity contribution in [3.63, 3.8) is 0 Å². The minimum absolute atomic E-state index is 0.663. The Kier molecular flexibility index (Phi) is 2.34. The van der Waals surface area contributed by atoms with Gasteiger partial charge >= 0.3 is 0 Å². The molecule has 3 aromatic heterocycles. The average molecular weight is 228 g/mol. The Balaban J connectivity index is 2.01. The van der Waals surface area contributed by atoms with Gasteiger partial charge in [0.05, 0.1) is 11.9 Å². The van der Waals surface area contributed by atoms with E-state index in [9.17, 15) is 0 Å². The molecule has 17 heavy (non-hydrogen) atoms. The van der Waals surface area contributed by atoms with Crippen molar-refractivity contribution in [1.82, 2.24) is 29.9 Å². The smallest absolute Gasteiger partial charge is 0.251 e. The topological polar surface area (TPSA) is 70.9 Å². The first-order chi connectivity index (χ1) is 8.36. The van der Waals surface area contributed by atoms with Gasteiger partial charge in [0.1, 0.15) is 5.69 Å². The van der Waals surface area contributed by atoms with Crippen LogP contribution in [0.3, 0.4) is 0 Å². The Hall–Kier alpha value is -2.21. The summed E-state index contributed by atoms with van der Waals surface area (Å²) in [6, 6.07) is 5.72. The summed E-state index contributed by atoms with van der Waals surface area (Å²) in [5.74, 6) is 1.39. The van der Waals surface area contributed by atoms with Gasteiger partial charge in [0.2, 0.25) is 0 Å². The number of nitrogens with zero attached hydrogens (tertiary/aromatic N) is 4. The van der Waals surface area contributed by atoms with E-state index in [0.717, 1.165) is 23.8 Å². The van der Waals surface area contributed by atoms with Crippen molar-refractivity contribution in [3.8, 4) is 11.5 Å². The molecule has 0 bridgehead atoms. The highest BCUT2D eigenvalue weighted by Gasteiger charge is 2.08. The zero-order chi connectivity index (χ0) is 11.7. The first kappa shape index (κ1) is 9.98. The highest BCUT2D eigenvalue weighted by atomic mass is 15.3. The Morgan fingerprint density at radius 1 is 1.35 bits per heavy atom. The van der Waals surface area contributed by atoms with Crippen LogP contribution in [0.5, 0.6) is 0 Å². The molecule has 0 fully saturated rings. The van der Waals surface area contributed by atoms with Gasteiger partial charge in [-0.15, -0.1) is 0 Å². The lowest BCUT2D eigenvalue weighted by molar-refractivity contribution is 0.795. The Labute approximate surface area is 97.7 Å². The van der Waals surface area contributed by atoms with Crippen LogP contribution in [-0.4, -0.2) is 31.6 Å². The molecule has 0 radical (unpaired) electrons. The van der Waals surface area contributed by atoms with E-state index >= 15 is 0 Å². The summed E-state index contributed by atoms with van der Waals surface area (Å²) < 4.78 is 1.80. The molecule has 0 saturated heterocycles. The van der Waals surface area contributed by atoms with E-state index in [1.54, 1.807) is 10.7 Å². The van der Waals surface area contributed by atoms with Crippen LogP contribution < -0.4 is 5.32 Å². The van der Waals surface area contributed by atoms with Crippen LogP contribution >= 0.6 is 0 Å². The summed E-state index contributed by atoms with van der Waals surface area (Å²) in [5.41, 5.74) is 1.77. The minimum Gasteiger partial charge on any atom is -0.314 e. The molecule has 0 atom stereocenters. The first-order valence-corrected chi connectivity index (χ1v) is 5.37. The lowest BCUT2D eigenvalue weighted by Crippen LogP contribution is -2.05. The van der Waals surface area contributed by atoms with Crippen molar-refractivity contribution in [1.29, 1.82) is 0 Å². The first-order valence-electron chi connectivity index (χ1n) is 5.37. The number of nitrogens with one attached hydrogen (secondary N) is 2. The third-order valence-electron chi connectivity index (χ3n) is 2.44. The number of imidazole rings is 1. The molecule has 6 nitrogen and oxygen atoms in total. The maximum atomic E-state index is 4.39. The molecule has 2 N–H and O–H groups in total. The van der Waals surface area contributed by atoms with Crippen LogP contribution in [0, 0.1) is 0 Å². The van der Waals surface area contributed by atoms with Crippen molar-refractivity contribution < 1.29 is 0 Å². The molecule has 86 valence electrons. The number of hydrogen-bond acceptors (Lipinski definition) is 4. The van der Waals surface area contributed by atoms with Gasteiger partial charge in [0, 0.05) is 12.7 Å². The number of fused-ring (bicyclic) bond motifs is 1. The van der Waals surface area contributed by atoms with E-state index in [1.807, 2.05) is 31.4 Å². The number of H-pyrrole nitrogens is 1. The summed E-state index contributed by atoms with van der Waals surface area (Å²) in [7, 11) is 1.89. The molecule has 3 rings (SSSR count). The van der Waals surface area contributed by atoms with E-state index < -0.39 is 0 Å². The molecule has 6 heteroatoms. The van der Waals surface area contributed by atoms with Gasteiger partial charge < -0.3 is 5.32 Å². The summed E-state index contributed by atoms with van der Waals surface area (Å²) in [6.07, 6.45) is 3.67. The van der Waals surface area contributed by atoms with Crippen LogP contribution in [0.2, 0.25) is 0 Å². The van der Waals surface area contributed by atoms with E-state index in [-0.39, 0.29) is 0 Å². The fraction of sp³-hybridized carbons (Fsp3) is 0.182. The third-order valence-corrected chi connectivity index (χ3v) is 2.44. The normalized spacial score (nSPS) is 11.1. The largest absolute Gasteiger partial charge is 0.314 e. The summed E-state index contributed by atoms with van der Waals surface area (Å²) in [6.45, 7) is 0.732. The SMILES string of the molecule is CNCc1cn2[nH]c(-c3ccccn3)nc2n1. The predicted molar refractivity (Wildman–Crippen MR) is 63.3 cm³/mol. The molecule has 0 aliphatic carbocycles. The van der Waals surface area contributed by atoms with Gasteiger partial charge in [-0.25, -0.2) is 9.50 Å². The molecule has 3 aromatic rings. The quantitative estimate of drug-likeness (QED) is 0.697. The van der Waals surface area contributed by atoms with E-state index in [0.29, 0.717) is 5.78 Å². The van der Waals surface area contributed by atoms with Gasteiger partial charge in [-0.05, 0) is 19.2 Å². The molecule has 0 saturated carbocycles. The van der Waals surface area contributed by atoms with Crippen LogP contribution in [0.1, 0.15) is 5.69 Å². The summed E-state index contributed by atoms with van der Waals surface area (Å²) >= 11 is 0. The second-order valence-corrected chi connectivity index (χ2v) is 3.72. The van der Waals surface area contributed by atoms with Gasteiger partial charge in [-0.2, -0.15) is 4.98 Å². The van der Waals surface area contributed by atoms with Crippen LogP contribution in [0.4, 0.5) is 0 Å². The van der Waals surface area contributed by atoms with Gasteiger partial charge in [0.25, 0.3) is 5.78 Å². The van der Waals surface area contributed by atoms with Crippen molar-refractivity contribution >= 4 is 5.78 Å². The Bertz CT molecular complexity index is 592. The number of pyridine rings is 1. The molecule has 0 unspecified atom stereocenters. The maximum Gasteiger partial charge on any atom is 0.251 e. The summed E-state index contributed by atoms with van der Waals surface area (Å²) in [5, 5.41) is 6.19. The fourth-order valence-electron chi connectivity index (χ4n) is 1.70. The highest BCUT2D eigenvalue weighted by molar-refractivity contribution is 5.51. The lowest BCUT2D eigenvalue weighted by Gasteiger charge is -1.93. The minimum atomic E-state index is 0.663. The lowest BCUT2D eigenvalue weighted by atomic mass is 10.3. The number of aromatic nitrogens is 5. The second-order valence-electron chi connectivity index (χ2n) is 3.72. The van der Waals surface area contributed by atoms with Gasteiger partial charge in [-0.3, -0.25) is 10.1 Å². The van der Waals surface area contributed by atoms with E-state index in [1.165, 1.54) is 0 Å². The Morgan fingerprint density at radius 2 is 2.29 bits per heavy atom. The highest BCUT2D eigenvalue weighted by Crippen LogP contribution is 2.12. The van der Waals surface area contributed by atoms with Crippen LogP contribution in [-0.2, 0) is 6.54 Å². The molecule has 0 aliphatic heterocycles. The maximum absolute atomic E-state index is 4.39. The monoisotopic (exact) mass is 228 g/mol. The van der Waals surface area contributed by atoms with Crippen molar-refractivity contribution in [2.24, 2.45) is 0 Å². The standard InChI is InChI=1S/C11H12N6/c1-12-6-8-7-17-11(14-8)15-10(16-17)9-4-2-3-5-13-9/h2-5,7,12H,6H2,1H3,(H,14,15,16). The molecular formula is C11H12N6. The van der Waals surface area contributed by atoms with Gasteiger partial charge in [0.15, 0.2) is 5.82 Å². The molecule has 3 heterocycles. The number of aromatic amines is 1. The molecular weight excluding hydrogens is 216 g/mol. The average Bonchev–Trinajstić information content (AvgIpc) is 2.88. The fourth-order valence-corrected chi connectivity index (χ4v) is 1.70. The molecule has 0 spiro atoms. The van der Waals surface area contributed by atoms with E-state index in [2.05, 4.69) is 25.4 Å². The Morgan fingerprint density at radius 3 is 3.00 bits per heavy atom.